The van der Waals surface area contributed by atoms with Crippen molar-refractivity contribution in [2.24, 2.45) is 5.92 Å². The molecule has 3 rings (SSSR count). The Morgan fingerprint density at radius 1 is 1.40 bits per heavy atom. The second-order valence-corrected chi connectivity index (χ2v) is 5.41. The highest BCUT2D eigenvalue weighted by atomic mass is 16.2. The van der Waals surface area contributed by atoms with Gasteiger partial charge in [-0.15, -0.1) is 0 Å². The molecule has 2 aliphatic rings. The number of nitrogens with zero attached hydrogens (tertiary/aromatic N) is 4. The molecule has 2 bridgehead atoms. The molecule has 6 nitrogen and oxygen atoms in total. The summed E-state index contributed by atoms with van der Waals surface area (Å²) in [6.07, 6.45) is 6.15. The average molecular weight is 274 g/mol. The van der Waals surface area contributed by atoms with Gasteiger partial charge < -0.3 is 9.80 Å². The van der Waals surface area contributed by atoms with Gasteiger partial charge in [0.15, 0.2) is 0 Å². The van der Waals surface area contributed by atoms with Gasteiger partial charge in [-0.1, -0.05) is 0 Å². The summed E-state index contributed by atoms with van der Waals surface area (Å²) in [7, 11) is 0. The first-order valence-electron chi connectivity index (χ1n) is 7.05. The molecule has 0 radical (unpaired) electrons. The number of aromatic nitrogens is 2. The summed E-state index contributed by atoms with van der Waals surface area (Å²) in [6.45, 7) is 4.17. The lowest BCUT2D eigenvalue weighted by atomic mass is 9.85. The van der Waals surface area contributed by atoms with E-state index in [1.165, 1.54) is 18.7 Å². The second-order valence-electron chi connectivity index (χ2n) is 5.41. The lowest BCUT2D eigenvalue weighted by Gasteiger charge is -2.46. The van der Waals surface area contributed by atoms with Crippen LogP contribution in [0.15, 0.2) is 18.7 Å². The van der Waals surface area contributed by atoms with E-state index >= 15 is 0 Å². The molecule has 2 amide bonds. The van der Waals surface area contributed by atoms with Crippen LogP contribution in [0.2, 0.25) is 0 Å². The molecular formula is C14H18N4O2. The molecule has 6 heteroatoms. The molecule has 0 aromatic carbocycles. The first-order valence-corrected chi connectivity index (χ1v) is 7.05. The van der Waals surface area contributed by atoms with Crippen LogP contribution in [0.4, 0.5) is 0 Å². The Bertz CT molecular complexity index is 519. The number of carbonyl (C=O) groups is 2. The normalized spacial score (nSPS) is 25.8. The van der Waals surface area contributed by atoms with E-state index in [1.54, 1.807) is 4.90 Å². The Labute approximate surface area is 117 Å². The van der Waals surface area contributed by atoms with Gasteiger partial charge in [0.2, 0.25) is 5.91 Å². The average Bonchev–Trinajstić information content (AvgIpc) is 2.51. The summed E-state index contributed by atoms with van der Waals surface area (Å²) >= 11 is 0. The largest absolute Gasteiger partial charge is 0.341 e. The van der Waals surface area contributed by atoms with Crippen LogP contribution in [0.3, 0.4) is 0 Å². The summed E-state index contributed by atoms with van der Waals surface area (Å²) in [4.78, 5) is 36.2. The van der Waals surface area contributed by atoms with Crippen LogP contribution in [0, 0.1) is 5.92 Å². The fraction of sp³-hybridized carbons (Fsp3) is 0.571. The van der Waals surface area contributed by atoms with Gasteiger partial charge in [0.25, 0.3) is 5.91 Å². The summed E-state index contributed by atoms with van der Waals surface area (Å²) in [5.74, 6) is 0.461. The van der Waals surface area contributed by atoms with Gasteiger partial charge in [-0.3, -0.25) is 9.59 Å². The Morgan fingerprint density at radius 3 is 2.85 bits per heavy atom. The maximum Gasteiger partial charge on any atom is 0.257 e. The molecule has 0 N–H and O–H groups in total. The number of likely N-dealkylation sites (N-methyl/N-ethyl adjacent to an activating group) is 1. The minimum absolute atomic E-state index is 0.0775. The minimum Gasteiger partial charge on any atom is -0.341 e. The Kier molecular flexibility index (Phi) is 3.38. The zero-order chi connectivity index (χ0) is 14.1. The van der Waals surface area contributed by atoms with Gasteiger partial charge in [0.05, 0.1) is 5.56 Å². The van der Waals surface area contributed by atoms with Crippen LogP contribution in [-0.4, -0.2) is 57.3 Å². The molecule has 1 aromatic rings. The molecule has 0 aliphatic carbocycles. The van der Waals surface area contributed by atoms with Crippen molar-refractivity contribution in [2.75, 3.05) is 19.6 Å². The van der Waals surface area contributed by atoms with Crippen molar-refractivity contribution >= 4 is 11.8 Å². The van der Waals surface area contributed by atoms with Crippen LogP contribution in [0.25, 0.3) is 0 Å². The first kappa shape index (κ1) is 13.0. The van der Waals surface area contributed by atoms with Gasteiger partial charge in [0.1, 0.15) is 12.4 Å². The lowest BCUT2D eigenvalue weighted by Crippen LogP contribution is -2.60. The summed E-state index contributed by atoms with van der Waals surface area (Å²) < 4.78 is 0. The van der Waals surface area contributed by atoms with E-state index in [4.69, 9.17) is 0 Å². The molecular weight excluding hydrogens is 256 g/mol. The van der Waals surface area contributed by atoms with E-state index < -0.39 is 0 Å². The molecule has 106 valence electrons. The molecule has 0 spiro atoms. The third-order valence-corrected chi connectivity index (χ3v) is 4.24. The predicted octanol–water partition coefficient (Wildman–Crippen LogP) is 0.559. The molecule has 2 saturated heterocycles. The van der Waals surface area contributed by atoms with Gasteiger partial charge in [-0.2, -0.15) is 0 Å². The smallest absolute Gasteiger partial charge is 0.257 e. The highest BCUT2D eigenvalue weighted by Crippen LogP contribution is 2.30. The number of rotatable bonds is 2. The summed E-state index contributed by atoms with van der Waals surface area (Å²) in [6, 6.07) is -0.310. The van der Waals surface area contributed by atoms with E-state index in [1.807, 2.05) is 11.8 Å². The van der Waals surface area contributed by atoms with Crippen molar-refractivity contribution in [2.45, 2.75) is 25.8 Å². The number of fused-ring (bicyclic) bond motifs is 2. The zero-order valence-corrected chi connectivity index (χ0v) is 11.5. The monoisotopic (exact) mass is 274 g/mol. The van der Waals surface area contributed by atoms with E-state index in [0.717, 1.165) is 19.4 Å². The molecule has 2 atom stereocenters. The van der Waals surface area contributed by atoms with E-state index in [2.05, 4.69) is 9.97 Å². The molecule has 0 unspecified atom stereocenters. The SMILES string of the molecule is CCN1C[C@H]2CCN(C(=O)c3cncnc3)[C@H](C2)C1=O. The number of hydrogen-bond donors (Lipinski definition) is 0. The Morgan fingerprint density at radius 2 is 2.15 bits per heavy atom. The fourth-order valence-corrected chi connectivity index (χ4v) is 3.15. The van der Waals surface area contributed by atoms with Gasteiger partial charge >= 0.3 is 0 Å². The Hall–Kier alpha value is -1.98. The quantitative estimate of drug-likeness (QED) is 0.790. The van der Waals surface area contributed by atoms with Crippen LogP contribution >= 0.6 is 0 Å². The van der Waals surface area contributed by atoms with Gasteiger partial charge in [-0.05, 0) is 25.7 Å². The van der Waals surface area contributed by atoms with Crippen molar-refractivity contribution < 1.29 is 9.59 Å². The predicted molar refractivity (Wildman–Crippen MR) is 71.8 cm³/mol. The van der Waals surface area contributed by atoms with E-state index in [9.17, 15) is 9.59 Å². The summed E-state index contributed by atoms with van der Waals surface area (Å²) in [5.41, 5.74) is 0.451. The topological polar surface area (TPSA) is 66.4 Å². The minimum atomic E-state index is -0.310. The number of amides is 2. The molecule has 2 fully saturated rings. The van der Waals surface area contributed by atoms with Crippen LogP contribution in [0.1, 0.15) is 30.1 Å². The maximum absolute atomic E-state index is 12.5. The van der Waals surface area contributed by atoms with Crippen molar-refractivity contribution in [1.29, 1.82) is 0 Å². The molecule has 2 aliphatic heterocycles. The number of carbonyl (C=O) groups excluding carboxylic acids is 2. The van der Waals surface area contributed by atoms with Crippen LogP contribution in [-0.2, 0) is 4.79 Å². The van der Waals surface area contributed by atoms with Crippen molar-refractivity contribution in [3.63, 3.8) is 0 Å². The Balaban J connectivity index is 1.84. The highest BCUT2D eigenvalue weighted by molar-refractivity contribution is 5.97. The maximum atomic E-state index is 12.5. The molecule has 3 heterocycles. The third-order valence-electron chi connectivity index (χ3n) is 4.24. The van der Waals surface area contributed by atoms with Crippen molar-refractivity contribution in [1.82, 2.24) is 19.8 Å². The number of hydrogen-bond acceptors (Lipinski definition) is 4. The van der Waals surface area contributed by atoms with E-state index in [0.29, 0.717) is 24.6 Å². The van der Waals surface area contributed by atoms with Gasteiger partial charge in [0, 0.05) is 32.0 Å². The third kappa shape index (κ3) is 2.15. The van der Waals surface area contributed by atoms with Crippen molar-refractivity contribution in [3.05, 3.63) is 24.3 Å². The van der Waals surface area contributed by atoms with Crippen LogP contribution < -0.4 is 0 Å². The molecule has 20 heavy (non-hydrogen) atoms. The van der Waals surface area contributed by atoms with Crippen molar-refractivity contribution in [3.8, 4) is 0 Å². The second kappa shape index (κ2) is 5.19. The molecule has 0 saturated carbocycles. The number of likely N-dealkylation sites (tertiary alicyclic amines) is 2. The first-order chi connectivity index (χ1) is 9.70. The standard InChI is InChI=1S/C14H18N4O2/c1-2-17-8-10-3-4-18(12(5-10)14(17)20)13(19)11-6-15-9-16-7-11/h6-7,9-10,12H,2-5,8H2,1H3/t10-,12+/m0/s1. The molecule has 1 aromatic heterocycles. The lowest BCUT2D eigenvalue weighted by molar-refractivity contribution is -0.143. The van der Waals surface area contributed by atoms with E-state index in [-0.39, 0.29) is 17.9 Å². The zero-order valence-electron chi connectivity index (χ0n) is 11.5. The summed E-state index contributed by atoms with van der Waals surface area (Å²) in [5, 5.41) is 0. The fourth-order valence-electron chi connectivity index (χ4n) is 3.15. The number of piperidine rings is 2. The highest BCUT2D eigenvalue weighted by Gasteiger charge is 2.42. The van der Waals surface area contributed by atoms with Crippen LogP contribution in [0.5, 0.6) is 0 Å². The van der Waals surface area contributed by atoms with Gasteiger partial charge in [-0.25, -0.2) is 9.97 Å².